The van der Waals surface area contributed by atoms with Crippen molar-refractivity contribution in [3.63, 3.8) is 0 Å². The van der Waals surface area contributed by atoms with Crippen LogP contribution in [0.1, 0.15) is 29.7 Å². The summed E-state index contributed by atoms with van der Waals surface area (Å²) in [5.74, 6) is 1.30. The number of nitrogens with zero attached hydrogens (tertiary/aromatic N) is 1. The fourth-order valence-electron chi connectivity index (χ4n) is 2.89. The van der Waals surface area contributed by atoms with Crippen LogP contribution in [0.5, 0.6) is 5.75 Å². The predicted octanol–water partition coefficient (Wildman–Crippen LogP) is 4.07. The van der Waals surface area contributed by atoms with E-state index in [1.54, 1.807) is 7.11 Å². The van der Waals surface area contributed by atoms with E-state index in [1.807, 2.05) is 48.5 Å². The molecule has 3 N–H and O–H groups in total. The van der Waals surface area contributed by atoms with Crippen molar-refractivity contribution in [1.82, 2.24) is 5.32 Å². The highest BCUT2D eigenvalue weighted by Crippen LogP contribution is 2.31. The molecule has 0 saturated heterocycles. The van der Waals surface area contributed by atoms with Gasteiger partial charge in [0.15, 0.2) is 5.96 Å². The van der Waals surface area contributed by atoms with Gasteiger partial charge >= 0.3 is 0 Å². The number of halogens is 2. The summed E-state index contributed by atoms with van der Waals surface area (Å²) in [7, 11) is 1.66. The third kappa shape index (κ3) is 5.25. The van der Waals surface area contributed by atoms with E-state index in [-0.39, 0.29) is 36.1 Å². The summed E-state index contributed by atoms with van der Waals surface area (Å²) in [5.41, 5.74) is 8.21. The maximum absolute atomic E-state index is 6.09. The Bertz CT molecular complexity index is 740. The molecule has 0 amide bonds. The number of para-hydroxylation sites is 1. The topological polar surface area (TPSA) is 68.9 Å². The van der Waals surface area contributed by atoms with Crippen LogP contribution in [-0.2, 0) is 4.74 Å². The third-order valence-corrected chi connectivity index (χ3v) is 4.49. The highest BCUT2D eigenvalue weighted by molar-refractivity contribution is 14.0. The minimum absolute atomic E-state index is 0. The van der Waals surface area contributed by atoms with Crippen LogP contribution >= 0.6 is 35.6 Å². The van der Waals surface area contributed by atoms with Crippen LogP contribution in [-0.4, -0.2) is 26.2 Å². The molecule has 0 bridgehead atoms. The molecule has 0 aromatic heterocycles. The quantitative estimate of drug-likeness (QED) is 0.379. The molecule has 3 rings (SSSR count). The Balaban J connectivity index is 0.00000243. The van der Waals surface area contributed by atoms with Gasteiger partial charge < -0.3 is 20.5 Å². The average Bonchev–Trinajstić information content (AvgIpc) is 2.64. The van der Waals surface area contributed by atoms with E-state index in [2.05, 4.69) is 10.3 Å². The van der Waals surface area contributed by atoms with Gasteiger partial charge in [-0.25, -0.2) is 0 Å². The van der Waals surface area contributed by atoms with Gasteiger partial charge in [0.1, 0.15) is 11.9 Å². The number of guanidine groups is 1. The number of nitrogens with one attached hydrogen (secondary N) is 1. The lowest BCUT2D eigenvalue weighted by molar-refractivity contribution is 0.111. The molecule has 0 saturated carbocycles. The summed E-state index contributed by atoms with van der Waals surface area (Å²) < 4.78 is 11.2. The van der Waals surface area contributed by atoms with Crippen LogP contribution in [0.4, 0.5) is 0 Å². The molecule has 140 valence electrons. The van der Waals surface area contributed by atoms with Gasteiger partial charge in [-0.15, -0.1) is 24.0 Å². The standard InChI is InChI=1S/C19H22ClN3O2.HI/c1-24-18(13-6-8-14(20)9-7-13)12-22-19(21)23-16-10-11-25-17-5-3-2-4-15(16)17;/h2-9,16,18H,10-12H2,1H3,(H3,21,22,23);1H. The minimum atomic E-state index is -0.167. The molecule has 1 aliphatic heterocycles. The van der Waals surface area contributed by atoms with Crippen molar-refractivity contribution in [3.8, 4) is 5.75 Å². The molecule has 5 nitrogen and oxygen atoms in total. The first-order chi connectivity index (χ1) is 12.2. The van der Waals surface area contributed by atoms with E-state index in [4.69, 9.17) is 26.8 Å². The Labute approximate surface area is 175 Å². The molecule has 2 aromatic carbocycles. The summed E-state index contributed by atoms with van der Waals surface area (Å²) in [4.78, 5) is 4.45. The molecule has 0 fully saturated rings. The number of nitrogens with two attached hydrogens (primary N) is 1. The van der Waals surface area contributed by atoms with Crippen molar-refractivity contribution in [2.45, 2.75) is 18.6 Å². The van der Waals surface area contributed by atoms with Gasteiger partial charge in [-0.05, 0) is 23.8 Å². The zero-order valence-corrected chi connectivity index (χ0v) is 17.6. The lowest BCUT2D eigenvalue weighted by Crippen LogP contribution is -2.37. The molecule has 1 aliphatic rings. The Kier molecular flexibility index (Phi) is 7.99. The molecule has 2 atom stereocenters. The molecule has 0 radical (unpaired) electrons. The number of ether oxygens (including phenoxy) is 2. The molecular weight excluding hydrogens is 465 g/mol. The smallest absolute Gasteiger partial charge is 0.189 e. The molecule has 26 heavy (non-hydrogen) atoms. The van der Waals surface area contributed by atoms with Crippen LogP contribution in [0.25, 0.3) is 0 Å². The maximum Gasteiger partial charge on any atom is 0.189 e. The molecule has 1 heterocycles. The first-order valence-electron chi connectivity index (χ1n) is 8.24. The van der Waals surface area contributed by atoms with Crippen molar-refractivity contribution in [2.24, 2.45) is 10.7 Å². The van der Waals surface area contributed by atoms with Crippen LogP contribution < -0.4 is 15.8 Å². The van der Waals surface area contributed by atoms with E-state index in [9.17, 15) is 0 Å². The molecule has 2 aromatic rings. The largest absolute Gasteiger partial charge is 0.493 e. The fraction of sp³-hybridized carbons (Fsp3) is 0.316. The Morgan fingerprint density at radius 2 is 2.04 bits per heavy atom. The van der Waals surface area contributed by atoms with Gasteiger partial charge in [0.05, 0.1) is 19.2 Å². The monoisotopic (exact) mass is 487 g/mol. The number of hydrogen-bond acceptors (Lipinski definition) is 3. The van der Waals surface area contributed by atoms with Crippen LogP contribution in [0, 0.1) is 0 Å². The number of benzene rings is 2. The third-order valence-electron chi connectivity index (χ3n) is 4.23. The zero-order chi connectivity index (χ0) is 17.6. The molecule has 0 aliphatic carbocycles. The van der Waals surface area contributed by atoms with Gasteiger partial charge in [0.25, 0.3) is 0 Å². The second kappa shape index (κ2) is 9.99. The molecule has 7 heteroatoms. The van der Waals surface area contributed by atoms with E-state index >= 15 is 0 Å². The van der Waals surface area contributed by atoms with E-state index < -0.39 is 0 Å². The van der Waals surface area contributed by atoms with Crippen molar-refractivity contribution in [2.75, 3.05) is 20.3 Å². The van der Waals surface area contributed by atoms with Gasteiger partial charge in [-0.2, -0.15) is 0 Å². The van der Waals surface area contributed by atoms with E-state index in [0.29, 0.717) is 24.1 Å². The summed E-state index contributed by atoms with van der Waals surface area (Å²) in [5, 5.41) is 3.98. The first kappa shape index (κ1) is 20.8. The minimum Gasteiger partial charge on any atom is -0.493 e. The Morgan fingerprint density at radius 3 is 2.77 bits per heavy atom. The van der Waals surface area contributed by atoms with Crippen molar-refractivity contribution < 1.29 is 9.47 Å². The van der Waals surface area contributed by atoms with Crippen LogP contribution in [0.15, 0.2) is 53.5 Å². The van der Waals surface area contributed by atoms with Crippen LogP contribution in [0.3, 0.4) is 0 Å². The number of fused-ring (bicyclic) bond motifs is 1. The molecule has 0 spiro atoms. The predicted molar refractivity (Wildman–Crippen MR) is 116 cm³/mol. The summed E-state index contributed by atoms with van der Waals surface area (Å²) in [6.07, 6.45) is 0.678. The normalized spacial score (nSPS) is 17.5. The zero-order valence-electron chi connectivity index (χ0n) is 14.5. The number of rotatable bonds is 5. The lowest BCUT2D eigenvalue weighted by Gasteiger charge is -2.27. The number of methoxy groups -OCH3 is 1. The maximum atomic E-state index is 6.09. The second-order valence-electron chi connectivity index (χ2n) is 5.87. The first-order valence-corrected chi connectivity index (χ1v) is 8.61. The SMILES string of the molecule is COC(CN=C(N)NC1CCOc2ccccc21)c1ccc(Cl)cc1.I. The number of aliphatic imine (C=N–C) groups is 1. The summed E-state index contributed by atoms with van der Waals surface area (Å²) in [6.45, 7) is 1.09. The highest BCUT2D eigenvalue weighted by Gasteiger charge is 2.21. The molecular formula is C19H23ClIN3O2. The van der Waals surface area contributed by atoms with Gasteiger partial charge in [0.2, 0.25) is 0 Å². The van der Waals surface area contributed by atoms with Gasteiger partial charge in [-0.3, -0.25) is 4.99 Å². The average molecular weight is 488 g/mol. The highest BCUT2D eigenvalue weighted by atomic mass is 127. The van der Waals surface area contributed by atoms with E-state index in [1.165, 1.54) is 0 Å². The summed E-state index contributed by atoms with van der Waals surface area (Å²) in [6, 6.07) is 15.6. The fourth-order valence-corrected chi connectivity index (χ4v) is 3.02. The van der Waals surface area contributed by atoms with Gasteiger partial charge in [0, 0.05) is 24.1 Å². The van der Waals surface area contributed by atoms with Crippen molar-refractivity contribution >= 4 is 41.5 Å². The summed E-state index contributed by atoms with van der Waals surface area (Å²) >= 11 is 5.93. The lowest BCUT2D eigenvalue weighted by atomic mass is 10.0. The number of hydrogen-bond donors (Lipinski definition) is 2. The Morgan fingerprint density at radius 1 is 1.31 bits per heavy atom. The van der Waals surface area contributed by atoms with E-state index in [0.717, 1.165) is 23.3 Å². The van der Waals surface area contributed by atoms with Crippen molar-refractivity contribution in [1.29, 1.82) is 0 Å². The Hall–Kier alpha value is -1.51. The van der Waals surface area contributed by atoms with Crippen LogP contribution in [0.2, 0.25) is 5.02 Å². The van der Waals surface area contributed by atoms with Gasteiger partial charge in [-0.1, -0.05) is 41.9 Å². The van der Waals surface area contributed by atoms with Crippen molar-refractivity contribution in [3.05, 3.63) is 64.7 Å². The molecule has 2 unspecified atom stereocenters. The second-order valence-corrected chi connectivity index (χ2v) is 6.31.